The molecule has 4 nitrogen and oxygen atoms in total. The molecule has 0 fully saturated rings. The van der Waals surface area contributed by atoms with Gasteiger partial charge in [-0.1, -0.05) is 23.2 Å². The fourth-order valence-corrected chi connectivity index (χ4v) is 2.19. The number of alkyl halides is 6. The van der Waals surface area contributed by atoms with E-state index in [1.54, 1.807) is 0 Å². The first-order valence-electron chi connectivity index (χ1n) is 6.55. The van der Waals surface area contributed by atoms with Crippen LogP contribution >= 0.6 is 23.2 Å². The monoisotopic (exact) mass is 412 g/mol. The Morgan fingerprint density at radius 2 is 1.60 bits per heavy atom. The maximum atomic E-state index is 12.8. The number of amides is 2. The summed E-state index contributed by atoms with van der Waals surface area (Å²) >= 11 is 11.5. The van der Waals surface area contributed by atoms with Crippen molar-refractivity contribution in [3.63, 3.8) is 0 Å². The molecule has 0 saturated carbocycles. The molecular formula is C13H12Cl2F6N2O2. The van der Waals surface area contributed by atoms with Crippen molar-refractivity contribution in [3.05, 3.63) is 27.7 Å². The molecule has 0 saturated heterocycles. The molecule has 142 valence electrons. The molecule has 0 aromatic heterocycles. The van der Waals surface area contributed by atoms with Crippen molar-refractivity contribution in [2.75, 3.05) is 11.9 Å². The molecule has 1 aromatic carbocycles. The van der Waals surface area contributed by atoms with E-state index in [2.05, 4.69) is 0 Å². The van der Waals surface area contributed by atoms with Gasteiger partial charge in [-0.2, -0.15) is 26.3 Å². The molecule has 1 aromatic rings. The molecule has 0 bridgehead atoms. The first-order valence-corrected chi connectivity index (χ1v) is 7.31. The zero-order valence-corrected chi connectivity index (χ0v) is 14.0. The van der Waals surface area contributed by atoms with Crippen LogP contribution in [0.15, 0.2) is 12.1 Å². The van der Waals surface area contributed by atoms with Crippen molar-refractivity contribution in [2.24, 2.45) is 0 Å². The lowest BCUT2D eigenvalue weighted by atomic mass is 9.95. The van der Waals surface area contributed by atoms with Crippen molar-refractivity contribution >= 4 is 34.9 Å². The van der Waals surface area contributed by atoms with Gasteiger partial charge < -0.3 is 15.7 Å². The van der Waals surface area contributed by atoms with Crippen LogP contribution in [0.3, 0.4) is 0 Å². The van der Waals surface area contributed by atoms with Crippen LogP contribution in [0, 0.1) is 0 Å². The van der Waals surface area contributed by atoms with Gasteiger partial charge in [-0.15, -0.1) is 0 Å². The molecule has 1 rings (SSSR count). The molecule has 12 heteroatoms. The van der Waals surface area contributed by atoms with E-state index in [1.807, 2.05) is 10.6 Å². The third-order valence-corrected chi connectivity index (χ3v) is 3.68. The van der Waals surface area contributed by atoms with Gasteiger partial charge >= 0.3 is 18.4 Å². The van der Waals surface area contributed by atoms with Crippen LogP contribution in [0.4, 0.5) is 36.8 Å². The van der Waals surface area contributed by atoms with E-state index in [-0.39, 0.29) is 5.69 Å². The molecule has 0 aliphatic carbocycles. The fraction of sp³-hybridized carbons (Fsp3) is 0.462. The first-order chi connectivity index (χ1) is 11.1. The molecular weight excluding hydrogens is 401 g/mol. The number of benzene rings is 1. The quantitative estimate of drug-likeness (QED) is 0.619. The van der Waals surface area contributed by atoms with Crippen molar-refractivity contribution in [1.82, 2.24) is 5.32 Å². The molecule has 1 atom stereocenters. The number of anilines is 1. The number of hydrogen-bond donors (Lipinski definition) is 3. The standard InChI is InChI=1S/C13H12Cl2F6N2O2/c1-11(25,13(19,20)21)6-4-7(14)9(8(15)5-6)23-10(24)22-3-2-12(16,17)18/h4-5,25H,2-3H2,1H3,(H2,22,23,24). The number of nitrogens with one attached hydrogen (secondary N) is 2. The van der Waals surface area contributed by atoms with Gasteiger partial charge in [0.15, 0.2) is 5.60 Å². The van der Waals surface area contributed by atoms with E-state index in [4.69, 9.17) is 23.2 Å². The highest BCUT2D eigenvalue weighted by molar-refractivity contribution is 6.39. The average molecular weight is 413 g/mol. The van der Waals surface area contributed by atoms with Gasteiger partial charge in [0.05, 0.1) is 22.2 Å². The lowest BCUT2D eigenvalue weighted by Crippen LogP contribution is -2.39. The molecule has 0 spiro atoms. The number of hydrogen-bond acceptors (Lipinski definition) is 2. The second-order valence-corrected chi connectivity index (χ2v) is 5.95. The maximum Gasteiger partial charge on any atom is 0.421 e. The SMILES string of the molecule is CC(O)(c1cc(Cl)c(NC(=O)NCCC(F)(F)F)c(Cl)c1)C(F)(F)F. The highest BCUT2D eigenvalue weighted by atomic mass is 35.5. The zero-order valence-electron chi connectivity index (χ0n) is 12.4. The first kappa shape index (κ1) is 21.7. The lowest BCUT2D eigenvalue weighted by molar-refractivity contribution is -0.258. The average Bonchev–Trinajstić information content (AvgIpc) is 2.39. The highest BCUT2D eigenvalue weighted by Crippen LogP contribution is 2.42. The van der Waals surface area contributed by atoms with Crippen molar-refractivity contribution in [3.8, 4) is 0 Å². The fourth-order valence-electron chi connectivity index (χ4n) is 1.61. The minimum absolute atomic E-state index is 0.311. The van der Waals surface area contributed by atoms with Gasteiger partial charge in [0, 0.05) is 6.54 Å². The van der Waals surface area contributed by atoms with Gasteiger partial charge in [-0.25, -0.2) is 4.79 Å². The highest BCUT2D eigenvalue weighted by Gasteiger charge is 2.51. The third kappa shape index (κ3) is 5.82. The van der Waals surface area contributed by atoms with E-state index < -0.39 is 52.6 Å². The van der Waals surface area contributed by atoms with E-state index in [9.17, 15) is 36.2 Å². The third-order valence-electron chi connectivity index (χ3n) is 3.09. The largest absolute Gasteiger partial charge is 0.421 e. The van der Waals surface area contributed by atoms with E-state index in [0.717, 1.165) is 12.1 Å². The van der Waals surface area contributed by atoms with E-state index >= 15 is 0 Å². The second-order valence-electron chi connectivity index (χ2n) is 5.13. The number of carbonyl (C=O) groups excluding carboxylic acids is 1. The van der Waals surface area contributed by atoms with Gasteiger partial charge in [0.2, 0.25) is 0 Å². The lowest BCUT2D eigenvalue weighted by Gasteiger charge is -2.27. The molecule has 0 radical (unpaired) electrons. The Kier molecular flexibility index (Phi) is 6.47. The minimum Gasteiger partial charge on any atom is -0.376 e. The van der Waals surface area contributed by atoms with Crippen molar-refractivity contribution < 1.29 is 36.2 Å². The van der Waals surface area contributed by atoms with Crippen LogP contribution in [0.2, 0.25) is 10.0 Å². The Morgan fingerprint density at radius 1 is 1.12 bits per heavy atom. The minimum atomic E-state index is -5.01. The van der Waals surface area contributed by atoms with Gasteiger partial charge in [-0.3, -0.25) is 0 Å². The topological polar surface area (TPSA) is 61.4 Å². The molecule has 3 N–H and O–H groups in total. The van der Waals surface area contributed by atoms with Crippen LogP contribution in [0.1, 0.15) is 18.9 Å². The molecule has 0 heterocycles. The van der Waals surface area contributed by atoms with Crippen LogP contribution in [0.25, 0.3) is 0 Å². The Hall–Kier alpha value is -1.39. The molecule has 25 heavy (non-hydrogen) atoms. The van der Waals surface area contributed by atoms with Crippen LogP contribution in [-0.2, 0) is 5.60 Å². The molecule has 1 unspecified atom stereocenters. The number of carbonyl (C=O) groups is 1. The summed E-state index contributed by atoms with van der Waals surface area (Å²) in [6, 6.07) is 0.404. The van der Waals surface area contributed by atoms with Crippen LogP contribution in [-0.4, -0.2) is 30.0 Å². The van der Waals surface area contributed by atoms with Gasteiger partial charge in [0.1, 0.15) is 0 Å². The van der Waals surface area contributed by atoms with Gasteiger partial charge in [0.25, 0.3) is 0 Å². The zero-order chi connectivity index (χ0) is 19.6. The summed E-state index contributed by atoms with van der Waals surface area (Å²) < 4.78 is 74.4. The van der Waals surface area contributed by atoms with Crippen LogP contribution in [0.5, 0.6) is 0 Å². The van der Waals surface area contributed by atoms with Crippen molar-refractivity contribution in [1.29, 1.82) is 0 Å². The summed E-state index contributed by atoms with van der Waals surface area (Å²) in [5.41, 5.74) is -4.22. The maximum absolute atomic E-state index is 12.8. The second kappa shape index (κ2) is 7.46. The summed E-state index contributed by atoms with van der Waals surface area (Å²) in [7, 11) is 0. The summed E-state index contributed by atoms with van der Waals surface area (Å²) in [5, 5.41) is 12.7. The number of halogens is 8. The van der Waals surface area contributed by atoms with E-state index in [0.29, 0.717) is 6.92 Å². The van der Waals surface area contributed by atoms with Crippen molar-refractivity contribution in [2.45, 2.75) is 31.3 Å². The number of urea groups is 1. The number of rotatable bonds is 4. The normalized spacial score (nSPS) is 14.8. The summed E-state index contributed by atoms with van der Waals surface area (Å²) in [4.78, 5) is 11.5. The predicted molar refractivity (Wildman–Crippen MR) is 79.8 cm³/mol. The Bertz CT molecular complexity index is 623. The Morgan fingerprint density at radius 3 is 2.00 bits per heavy atom. The van der Waals surface area contributed by atoms with E-state index in [1.165, 1.54) is 0 Å². The smallest absolute Gasteiger partial charge is 0.376 e. The summed E-state index contributed by atoms with van der Waals surface area (Å²) in [6.07, 6.45) is -10.7. The van der Waals surface area contributed by atoms with Gasteiger partial charge in [-0.05, 0) is 24.6 Å². The predicted octanol–water partition coefficient (Wildman–Crippen LogP) is 4.84. The molecule has 2 amide bonds. The Labute approximate surface area is 148 Å². The summed E-state index contributed by atoms with van der Waals surface area (Å²) in [5.74, 6) is 0. The molecule has 0 aliphatic heterocycles. The van der Waals surface area contributed by atoms with Crippen LogP contribution < -0.4 is 10.6 Å². The molecule has 0 aliphatic rings. The summed E-state index contributed by atoms with van der Waals surface area (Å²) in [6.45, 7) is -0.225. The Balaban J connectivity index is 2.92. The number of aliphatic hydroxyl groups is 1.